The van der Waals surface area contributed by atoms with Gasteiger partial charge in [-0.25, -0.2) is 0 Å². The number of carbonyl (C=O) groups excluding carboxylic acids is 1. The van der Waals surface area contributed by atoms with Gasteiger partial charge in [-0.15, -0.1) is 10.2 Å². The molecule has 1 aromatic heterocycles. The van der Waals surface area contributed by atoms with Crippen LogP contribution < -0.4 is 10.1 Å². The van der Waals surface area contributed by atoms with Gasteiger partial charge in [0.25, 0.3) is 0 Å². The summed E-state index contributed by atoms with van der Waals surface area (Å²) in [6.45, 7) is 3.16. The highest BCUT2D eigenvalue weighted by Gasteiger charge is 2.16. The number of benzene rings is 3. The van der Waals surface area contributed by atoms with Gasteiger partial charge < -0.3 is 14.8 Å². The fourth-order valence-electron chi connectivity index (χ4n) is 3.34. The van der Waals surface area contributed by atoms with Crippen LogP contribution in [-0.4, -0.2) is 40.1 Å². The van der Waals surface area contributed by atoms with Gasteiger partial charge in [0.1, 0.15) is 11.5 Å². The van der Waals surface area contributed by atoms with E-state index < -0.39 is 0 Å². The van der Waals surface area contributed by atoms with Crippen LogP contribution in [0.4, 0.5) is 5.69 Å². The molecule has 1 N–H and O–H groups in total. The Morgan fingerprint density at radius 1 is 0.971 bits per heavy atom. The minimum Gasteiger partial charge on any atom is -0.457 e. The molecule has 0 saturated carbocycles. The topological polar surface area (TPSA) is 78.3 Å². The second kappa shape index (κ2) is 11.5. The summed E-state index contributed by atoms with van der Waals surface area (Å²) >= 11 is 1.35. The molecule has 8 heteroatoms. The van der Waals surface area contributed by atoms with E-state index in [1.807, 2.05) is 84.3 Å². The van der Waals surface area contributed by atoms with Gasteiger partial charge in [0.15, 0.2) is 11.0 Å². The monoisotopic (exact) mass is 474 g/mol. The molecule has 34 heavy (non-hydrogen) atoms. The van der Waals surface area contributed by atoms with Crippen LogP contribution in [0.25, 0.3) is 11.4 Å². The molecule has 0 atom stereocenters. The third-order valence-corrected chi connectivity index (χ3v) is 5.93. The number of anilines is 1. The van der Waals surface area contributed by atoms with Gasteiger partial charge in [-0.1, -0.05) is 53.7 Å². The van der Waals surface area contributed by atoms with Crippen molar-refractivity contribution in [1.82, 2.24) is 14.8 Å². The molecule has 1 heterocycles. The third-order valence-electron chi connectivity index (χ3n) is 4.96. The van der Waals surface area contributed by atoms with E-state index in [1.165, 1.54) is 11.8 Å². The maximum atomic E-state index is 12.6. The number of aromatic nitrogens is 3. The maximum absolute atomic E-state index is 12.6. The molecule has 0 bridgehead atoms. The molecule has 0 aliphatic carbocycles. The van der Waals surface area contributed by atoms with E-state index in [1.54, 1.807) is 7.11 Å². The minimum absolute atomic E-state index is 0.125. The number of para-hydroxylation sites is 1. The van der Waals surface area contributed by atoms with Gasteiger partial charge in [0.2, 0.25) is 5.91 Å². The fourth-order valence-corrected chi connectivity index (χ4v) is 4.10. The van der Waals surface area contributed by atoms with Crippen LogP contribution in [0.15, 0.2) is 84.0 Å². The van der Waals surface area contributed by atoms with E-state index in [4.69, 9.17) is 9.47 Å². The third kappa shape index (κ3) is 6.24. The van der Waals surface area contributed by atoms with E-state index >= 15 is 0 Å². The summed E-state index contributed by atoms with van der Waals surface area (Å²) in [7, 11) is 1.66. The minimum atomic E-state index is -0.125. The first kappa shape index (κ1) is 23.5. The predicted octanol–water partition coefficient (Wildman–Crippen LogP) is 5.42. The van der Waals surface area contributed by atoms with Crippen molar-refractivity contribution in [2.45, 2.75) is 18.6 Å². The molecular formula is C26H26N4O3S. The number of hydrogen-bond donors (Lipinski definition) is 1. The molecule has 0 aliphatic heterocycles. The highest BCUT2D eigenvalue weighted by molar-refractivity contribution is 7.99. The largest absolute Gasteiger partial charge is 0.457 e. The quantitative estimate of drug-likeness (QED) is 0.309. The molecule has 4 aromatic rings. The average molecular weight is 475 g/mol. The normalized spacial score (nSPS) is 10.8. The SMILES string of the molecule is COCCn1c(SCC(=O)Nc2ccc(Oc3ccccc3)cc2)nnc1-c1cccc(C)c1. The number of thioether (sulfide) groups is 1. The van der Waals surface area contributed by atoms with E-state index in [0.717, 1.165) is 22.7 Å². The van der Waals surface area contributed by atoms with Crippen molar-refractivity contribution >= 4 is 23.4 Å². The molecule has 0 unspecified atom stereocenters. The summed E-state index contributed by atoms with van der Waals surface area (Å²) in [6.07, 6.45) is 0. The Labute approximate surface area is 203 Å². The Morgan fingerprint density at radius 3 is 2.47 bits per heavy atom. The lowest BCUT2D eigenvalue weighted by Crippen LogP contribution is -2.15. The van der Waals surface area contributed by atoms with Crippen molar-refractivity contribution in [3.8, 4) is 22.9 Å². The molecule has 0 radical (unpaired) electrons. The summed E-state index contributed by atoms with van der Waals surface area (Å²) in [5.41, 5.74) is 2.83. The first-order chi connectivity index (χ1) is 16.6. The van der Waals surface area contributed by atoms with Crippen LogP contribution in [0.5, 0.6) is 11.5 Å². The molecule has 7 nitrogen and oxygen atoms in total. The predicted molar refractivity (Wildman–Crippen MR) is 134 cm³/mol. The molecule has 3 aromatic carbocycles. The summed E-state index contributed by atoms with van der Waals surface area (Å²) in [4.78, 5) is 12.6. The molecule has 1 amide bonds. The van der Waals surface area contributed by atoms with Crippen LogP contribution in [0.3, 0.4) is 0 Å². The van der Waals surface area contributed by atoms with Crippen LogP contribution in [0.1, 0.15) is 5.56 Å². The van der Waals surface area contributed by atoms with E-state index in [0.29, 0.717) is 29.7 Å². The summed E-state index contributed by atoms with van der Waals surface area (Å²) in [5, 5.41) is 12.3. The fraction of sp³-hybridized carbons (Fsp3) is 0.192. The van der Waals surface area contributed by atoms with Crippen LogP contribution >= 0.6 is 11.8 Å². The van der Waals surface area contributed by atoms with Crippen molar-refractivity contribution in [3.63, 3.8) is 0 Å². The van der Waals surface area contributed by atoms with Crippen molar-refractivity contribution in [3.05, 3.63) is 84.4 Å². The van der Waals surface area contributed by atoms with Crippen molar-refractivity contribution in [2.24, 2.45) is 0 Å². The lowest BCUT2D eigenvalue weighted by molar-refractivity contribution is -0.113. The first-order valence-corrected chi connectivity index (χ1v) is 11.9. The Morgan fingerprint density at radius 2 is 1.74 bits per heavy atom. The van der Waals surface area contributed by atoms with Crippen LogP contribution in [-0.2, 0) is 16.1 Å². The lowest BCUT2D eigenvalue weighted by atomic mass is 10.1. The van der Waals surface area contributed by atoms with Crippen LogP contribution in [0, 0.1) is 6.92 Å². The number of carbonyl (C=O) groups is 1. The Bertz CT molecular complexity index is 1230. The smallest absolute Gasteiger partial charge is 0.234 e. The summed E-state index contributed by atoms with van der Waals surface area (Å²) in [5.74, 6) is 2.31. The van der Waals surface area contributed by atoms with E-state index in [2.05, 4.69) is 21.6 Å². The number of rotatable bonds is 10. The molecule has 0 fully saturated rings. The van der Waals surface area contributed by atoms with Gasteiger partial charge in [-0.05, 0) is 49.4 Å². The Hall–Kier alpha value is -3.62. The highest BCUT2D eigenvalue weighted by Crippen LogP contribution is 2.26. The van der Waals surface area contributed by atoms with E-state index in [-0.39, 0.29) is 11.7 Å². The number of hydrogen-bond acceptors (Lipinski definition) is 6. The average Bonchev–Trinajstić information content (AvgIpc) is 3.26. The molecular weight excluding hydrogens is 448 g/mol. The molecule has 0 aliphatic rings. The number of nitrogens with zero attached hydrogens (tertiary/aromatic N) is 3. The zero-order chi connectivity index (χ0) is 23.8. The summed E-state index contributed by atoms with van der Waals surface area (Å²) < 4.78 is 13.0. The Kier molecular flexibility index (Phi) is 7.95. The zero-order valence-corrected chi connectivity index (χ0v) is 19.9. The van der Waals surface area contributed by atoms with Gasteiger partial charge >= 0.3 is 0 Å². The number of nitrogens with one attached hydrogen (secondary N) is 1. The Balaban J connectivity index is 1.37. The highest BCUT2D eigenvalue weighted by atomic mass is 32.2. The van der Waals surface area contributed by atoms with Gasteiger partial charge in [-0.3, -0.25) is 9.36 Å². The second-order valence-corrected chi connectivity index (χ2v) is 8.54. The maximum Gasteiger partial charge on any atom is 0.234 e. The van der Waals surface area contributed by atoms with E-state index in [9.17, 15) is 4.79 Å². The zero-order valence-electron chi connectivity index (χ0n) is 19.1. The van der Waals surface area contributed by atoms with Crippen molar-refractivity contribution < 1.29 is 14.3 Å². The summed E-state index contributed by atoms with van der Waals surface area (Å²) in [6, 6.07) is 25.0. The standard InChI is InChI=1S/C26H26N4O3S/c1-19-7-6-8-20(17-19)25-28-29-26(30(25)15-16-32-2)34-18-24(31)27-21-11-13-23(14-12-21)33-22-9-4-3-5-10-22/h3-14,17H,15-16,18H2,1-2H3,(H,27,31). The molecule has 0 saturated heterocycles. The van der Waals surface area contributed by atoms with Gasteiger partial charge in [-0.2, -0.15) is 0 Å². The molecule has 174 valence electrons. The second-order valence-electron chi connectivity index (χ2n) is 7.60. The number of methoxy groups -OCH3 is 1. The number of ether oxygens (including phenoxy) is 2. The number of amides is 1. The lowest BCUT2D eigenvalue weighted by Gasteiger charge is -2.10. The number of aryl methyl sites for hydroxylation is 1. The van der Waals surface area contributed by atoms with Gasteiger partial charge in [0.05, 0.1) is 18.9 Å². The van der Waals surface area contributed by atoms with Crippen molar-refractivity contribution in [1.29, 1.82) is 0 Å². The van der Waals surface area contributed by atoms with Crippen molar-refractivity contribution in [2.75, 3.05) is 24.8 Å². The van der Waals surface area contributed by atoms with Crippen LogP contribution in [0.2, 0.25) is 0 Å². The van der Waals surface area contributed by atoms with Gasteiger partial charge in [0, 0.05) is 18.4 Å². The molecule has 4 rings (SSSR count). The molecule has 0 spiro atoms. The first-order valence-electron chi connectivity index (χ1n) is 10.9.